The fourth-order valence-electron chi connectivity index (χ4n) is 3.38. The van der Waals surface area contributed by atoms with Crippen LogP contribution in [0.3, 0.4) is 0 Å². The highest BCUT2D eigenvalue weighted by Gasteiger charge is 2.17. The Kier molecular flexibility index (Phi) is 5.04. The molecule has 4 aromatic heterocycles. The fourth-order valence-corrected chi connectivity index (χ4v) is 3.38. The van der Waals surface area contributed by atoms with E-state index in [0.29, 0.717) is 28.0 Å². The molecule has 0 bridgehead atoms. The molecular formula is C23H17N5O4. The van der Waals surface area contributed by atoms with Crippen molar-refractivity contribution in [1.29, 1.82) is 0 Å². The number of carbonyl (C=O) groups is 1. The van der Waals surface area contributed by atoms with E-state index in [1.54, 1.807) is 42.7 Å². The van der Waals surface area contributed by atoms with Gasteiger partial charge in [0.15, 0.2) is 11.5 Å². The van der Waals surface area contributed by atoms with Gasteiger partial charge in [-0.1, -0.05) is 29.4 Å². The molecule has 5 rings (SSSR count). The van der Waals surface area contributed by atoms with Gasteiger partial charge in [-0.05, 0) is 29.8 Å². The summed E-state index contributed by atoms with van der Waals surface area (Å²) in [5.74, 6) is 0.405. The van der Waals surface area contributed by atoms with Gasteiger partial charge in [0.1, 0.15) is 0 Å². The molecule has 32 heavy (non-hydrogen) atoms. The molecule has 158 valence electrons. The van der Waals surface area contributed by atoms with Crippen molar-refractivity contribution in [2.24, 2.45) is 0 Å². The van der Waals surface area contributed by atoms with Crippen molar-refractivity contribution in [3.05, 3.63) is 101 Å². The molecule has 0 aliphatic carbocycles. The van der Waals surface area contributed by atoms with Crippen molar-refractivity contribution in [3.8, 4) is 11.5 Å². The van der Waals surface area contributed by atoms with Gasteiger partial charge in [0.05, 0.1) is 30.4 Å². The van der Waals surface area contributed by atoms with Gasteiger partial charge in [0.2, 0.25) is 5.76 Å². The molecule has 1 N–H and O–H groups in total. The first kappa shape index (κ1) is 19.4. The summed E-state index contributed by atoms with van der Waals surface area (Å²) in [5.41, 5.74) is 1.32. The van der Waals surface area contributed by atoms with Crippen LogP contribution in [0.1, 0.15) is 21.7 Å². The third-order valence-electron chi connectivity index (χ3n) is 4.92. The standard InChI is InChI=1S/C23H17N5O4/c29-22(18-11-21(32-27-18)20-8-4-10-31-20)25-13-19-16-6-1-2-7-17(16)23(30)28(26-19)14-15-5-3-9-24-12-15/h1-12H,13-14H2,(H,25,29). The van der Waals surface area contributed by atoms with Gasteiger partial charge in [-0.3, -0.25) is 14.6 Å². The molecule has 0 fully saturated rings. The van der Waals surface area contributed by atoms with Gasteiger partial charge < -0.3 is 14.3 Å². The number of hydrogen-bond donors (Lipinski definition) is 1. The van der Waals surface area contributed by atoms with Crippen molar-refractivity contribution >= 4 is 16.7 Å². The summed E-state index contributed by atoms with van der Waals surface area (Å²) in [5, 5.41) is 12.3. The van der Waals surface area contributed by atoms with Crippen molar-refractivity contribution in [1.82, 2.24) is 25.2 Å². The Balaban J connectivity index is 1.41. The number of nitrogens with zero attached hydrogens (tertiary/aromatic N) is 4. The second kappa shape index (κ2) is 8.31. The zero-order valence-corrected chi connectivity index (χ0v) is 16.8. The minimum Gasteiger partial charge on any atom is -0.461 e. The molecule has 0 atom stereocenters. The van der Waals surface area contributed by atoms with E-state index in [9.17, 15) is 9.59 Å². The SMILES string of the molecule is O=C(NCc1nn(Cc2cccnc2)c(=O)c2ccccc12)c1cc(-c2ccco2)on1. The quantitative estimate of drug-likeness (QED) is 0.443. The predicted octanol–water partition coefficient (Wildman–Crippen LogP) is 3.02. The minimum atomic E-state index is -0.428. The number of aromatic nitrogens is 4. The average Bonchev–Trinajstić information content (AvgIpc) is 3.53. The number of amides is 1. The maximum atomic E-state index is 12.9. The molecule has 1 aromatic carbocycles. The van der Waals surface area contributed by atoms with Crippen LogP contribution in [0.25, 0.3) is 22.3 Å². The van der Waals surface area contributed by atoms with Crippen molar-refractivity contribution in [3.63, 3.8) is 0 Å². The van der Waals surface area contributed by atoms with Crippen molar-refractivity contribution in [2.45, 2.75) is 13.1 Å². The lowest BCUT2D eigenvalue weighted by Crippen LogP contribution is -2.29. The molecule has 4 heterocycles. The molecule has 5 aromatic rings. The lowest BCUT2D eigenvalue weighted by Gasteiger charge is -2.11. The van der Waals surface area contributed by atoms with Crippen LogP contribution in [0.4, 0.5) is 0 Å². The minimum absolute atomic E-state index is 0.107. The highest BCUT2D eigenvalue weighted by molar-refractivity contribution is 5.93. The Morgan fingerprint density at radius 1 is 1.03 bits per heavy atom. The van der Waals surface area contributed by atoms with Gasteiger partial charge in [0, 0.05) is 23.8 Å². The fraction of sp³-hybridized carbons (Fsp3) is 0.0870. The molecular weight excluding hydrogens is 410 g/mol. The molecule has 1 amide bonds. The summed E-state index contributed by atoms with van der Waals surface area (Å²) in [7, 11) is 0. The van der Waals surface area contributed by atoms with Crippen LogP contribution >= 0.6 is 0 Å². The molecule has 9 nitrogen and oxygen atoms in total. The second-order valence-electron chi connectivity index (χ2n) is 7.05. The van der Waals surface area contributed by atoms with E-state index < -0.39 is 5.91 Å². The number of hydrogen-bond acceptors (Lipinski definition) is 7. The second-order valence-corrected chi connectivity index (χ2v) is 7.05. The summed E-state index contributed by atoms with van der Waals surface area (Å²) in [6.45, 7) is 0.379. The topological polar surface area (TPSA) is 116 Å². The number of benzene rings is 1. The third-order valence-corrected chi connectivity index (χ3v) is 4.92. The largest absolute Gasteiger partial charge is 0.461 e. The van der Waals surface area contributed by atoms with Gasteiger partial charge in [-0.25, -0.2) is 4.68 Å². The molecule has 0 unspecified atom stereocenters. The number of fused-ring (bicyclic) bond motifs is 1. The summed E-state index contributed by atoms with van der Waals surface area (Å²) in [6.07, 6.45) is 4.86. The first-order chi connectivity index (χ1) is 15.7. The monoisotopic (exact) mass is 427 g/mol. The molecule has 0 spiro atoms. The summed E-state index contributed by atoms with van der Waals surface area (Å²) >= 11 is 0. The smallest absolute Gasteiger partial charge is 0.274 e. The average molecular weight is 427 g/mol. The van der Waals surface area contributed by atoms with Crippen LogP contribution in [0, 0.1) is 0 Å². The third kappa shape index (κ3) is 3.79. The van der Waals surface area contributed by atoms with Gasteiger partial charge in [-0.2, -0.15) is 5.10 Å². The Morgan fingerprint density at radius 2 is 1.91 bits per heavy atom. The number of carbonyl (C=O) groups excluding carboxylic acids is 1. The molecule has 0 saturated heterocycles. The molecule has 0 radical (unpaired) electrons. The molecule has 0 aliphatic rings. The molecule has 0 aliphatic heterocycles. The van der Waals surface area contributed by atoms with Gasteiger partial charge in [-0.15, -0.1) is 0 Å². The predicted molar refractivity (Wildman–Crippen MR) is 115 cm³/mol. The van der Waals surface area contributed by atoms with Gasteiger partial charge in [0.25, 0.3) is 11.5 Å². The number of pyridine rings is 1. The summed E-state index contributed by atoms with van der Waals surface area (Å²) in [4.78, 5) is 29.6. The van der Waals surface area contributed by atoms with E-state index >= 15 is 0 Å². The van der Waals surface area contributed by atoms with Crippen LogP contribution in [0.15, 0.2) is 87.0 Å². The maximum Gasteiger partial charge on any atom is 0.274 e. The van der Waals surface area contributed by atoms with Crippen molar-refractivity contribution < 1.29 is 13.7 Å². The van der Waals surface area contributed by atoms with E-state index in [4.69, 9.17) is 8.94 Å². The van der Waals surface area contributed by atoms with E-state index in [1.165, 1.54) is 17.0 Å². The van der Waals surface area contributed by atoms with Crippen molar-refractivity contribution in [2.75, 3.05) is 0 Å². The van der Waals surface area contributed by atoms with E-state index in [0.717, 1.165) is 5.56 Å². The molecule has 9 heteroatoms. The van der Waals surface area contributed by atoms with Crippen LogP contribution in [-0.2, 0) is 13.1 Å². The maximum absolute atomic E-state index is 12.9. The number of furan rings is 1. The molecule has 0 saturated carbocycles. The Morgan fingerprint density at radius 3 is 2.69 bits per heavy atom. The van der Waals surface area contributed by atoms with Crippen LogP contribution in [0.2, 0.25) is 0 Å². The lowest BCUT2D eigenvalue weighted by atomic mass is 10.1. The number of rotatable bonds is 6. The summed E-state index contributed by atoms with van der Waals surface area (Å²) in [6, 6.07) is 15.8. The van der Waals surface area contributed by atoms with Gasteiger partial charge >= 0.3 is 0 Å². The van der Waals surface area contributed by atoms with Crippen LogP contribution < -0.4 is 10.9 Å². The highest BCUT2D eigenvalue weighted by atomic mass is 16.5. The Hall–Kier alpha value is -4.53. The zero-order valence-electron chi connectivity index (χ0n) is 16.8. The van der Waals surface area contributed by atoms with E-state index in [-0.39, 0.29) is 24.3 Å². The van der Waals surface area contributed by atoms with E-state index in [2.05, 4.69) is 20.6 Å². The van der Waals surface area contributed by atoms with Crippen LogP contribution in [0.5, 0.6) is 0 Å². The van der Waals surface area contributed by atoms with E-state index in [1.807, 2.05) is 18.2 Å². The first-order valence-corrected chi connectivity index (χ1v) is 9.85. The van der Waals surface area contributed by atoms with Crippen LogP contribution in [-0.4, -0.2) is 25.8 Å². The Bertz CT molecular complexity index is 1440. The summed E-state index contributed by atoms with van der Waals surface area (Å²) < 4.78 is 11.8. The first-order valence-electron chi connectivity index (χ1n) is 9.85. The normalized spacial score (nSPS) is 11.0. The highest BCUT2D eigenvalue weighted by Crippen LogP contribution is 2.20. The lowest BCUT2D eigenvalue weighted by molar-refractivity contribution is 0.0941. The number of nitrogens with one attached hydrogen (secondary N) is 1. The Labute approximate surface area is 181 Å². The zero-order chi connectivity index (χ0) is 21.9.